The number of hydrogen-bond acceptors (Lipinski definition) is 4. The van der Waals surface area contributed by atoms with Crippen molar-refractivity contribution in [3.63, 3.8) is 0 Å². The number of nitrogens with one attached hydrogen (secondary N) is 1. The second-order valence-corrected chi connectivity index (χ2v) is 9.06. The maximum atomic E-state index is 12.8. The van der Waals surface area contributed by atoms with Crippen LogP contribution in [0.5, 0.6) is 0 Å². The van der Waals surface area contributed by atoms with Crippen LogP contribution in [0.1, 0.15) is 47.9 Å². The van der Waals surface area contributed by atoms with Crippen molar-refractivity contribution in [1.29, 1.82) is 0 Å². The van der Waals surface area contributed by atoms with Gasteiger partial charge in [0.1, 0.15) is 0 Å². The first kappa shape index (κ1) is 19.4. The molecule has 1 N–H and O–H groups in total. The van der Waals surface area contributed by atoms with Crippen LogP contribution in [-0.4, -0.2) is 55.8 Å². The maximum Gasteiger partial charge on any atom is 0.254 e. The minimum atomic E-state index is -3.06. The predicted octanol–water partition coefficient (Wildman–Crippen LogP) is 1.72. The van der Waals surface area contributed by atoms with Crippen molar-refractivity contribution < 1.29 is 18.0 Å². The second-order valence-electron chi connectivity index (χ2n) is 6.83. The topological polar surface area (TPSA) is 83.6 Å². The smallest absolute Gasteiger partial charge is 0.254 e. The van der Waals surface area contributed by atoms with E-state index in [4.69, 9.17) is 0 Å². The lowest BCUT2D eigenvalue weighted by Gasteiger charge is -2.27. The van der Waals surface area contributed by atoms with Gasteiger partial charge in [0.2, 0.25) is 0 Å². The zero-order valence-corrected chi connectivity index (χ0v) is 15.8. The van der Waals surface area contributed by atoms with Crippen LogP contribution in [0.25, 0.3) is 0 Å². The van der Waals surface area contributed by atoms with Gasteiger partial charge in [-0.2, -0.15) is 0 Å². The molecule has 1 aliphatic heterocycles. The van der Waals surface area contributed by atoms with Crippen molar-refractivity contribution >= 4 is 21.7 Å². The highest BCUT2D eigenvalue weighted by Gasteiger charge is 2.34. The predicted molar refractivity (Wildman–Crippen MR) is 97.4 cm³/mol. The third kappa shape index (κ3) is 5.04. The molecule has 138 valence electrons. The molecule has 0 spiro atoms. The van der Waals surface area contributed by atoms with Gasteiger partial charge in [-0.1, -0.05) is 19.9 Å². The summed E-state index contributed by atoms with van der Waals surface area (Å²) in [4.78, 5) is 26.6. The fourth-order valence-corrected chi connectivity index (χ4v) is 4.68. The quantitative estimate of drug-likeness (QED) is 0.831. The van der Waals surface area contributed by atoms with Gasteiger partial charge in [0.05, 0.1) is 11.5 Å². The first-order chi connectivity index (χ1) is 11.7. The fourth-order valence-electron chi connectivity index (χ4n) is 2.95. The summed E-state index contributed by atoms with van der Waals surface area (Å²) in [7, 11) is -3.06. The molecule has 1 aromatic carbocycles. The molecule has 1 atom stereocenters. The summed E-state index contributed by atoms with van der Waals surface area (Å²) >= 11 is 0. The Labute approximate surface area is 149 Å². The Morgan fingerprint density at radius 2 is 1.96 bits per heavy atom. The molecule has 7 heteroatoms. The Bertz CT molecular complexity index is 743. The summed E-state index contributed by atoms with van der Waals surface area (Å²) in [5.74, 6) is 0.0341. The monoisotopic (exact) mass is 366 g/mol. The molecule has 0 aliphatic carbocycles. The summed E-state index contributed by atoms with van der Waals surface area (Å²) < 4.78 is 23.4. The highest BCUT2D eigenvalue weighted by molar-refractivity contribution is 7.91. The average molecular weight is 366 g/mol. The third-order valence-electron chi connectivity index (χ3n) is 4.29. The van der Waals surface area contributed by atoms with Crippen molar-refractivity contribution in [1.82, 2.24) is 10.2 Å². The lowest BCUT2D eigenvalue weighted by atomic mass is 10.1. The summed E-state index contributed by atoms with van der Waals surface area (Å²) in [5.41, 5.74) is 0.838. The summed E-state index contributed by atoms with van der Waals surface area (Å²) in [6.07, 6.45) is 0.469. The van der Waals surface area contributed by atoms with E-state index in [2.05, 4.69) is 5.32 Å². The Balaban J connectivity index is 2.15. The van der Waals surface area contributed by atoms with Crippen LogP contribution in [-0.2, 0) is 9.84 Å². The third-order valence-corrected chi connectivity index (χ3v) is 6.04. The van der Waals surface area contributed by atoms with Gasteiger partial charge in [-0.25, -0.2) is 8.42 Å². The molecule has 2 rings (SSSR count). The van der Waals surface area contributed by atoms with Crippen molar-refractivity contribution in [3.8, 4) is 0 Å². The highest BCUT2D eigenvalue weighted by atomic mass is 32.2. The number of carbonyl (C=O) groups excluding carboxylic acids is 2. The van der Waals surface area contributed by atoms with Gasteiger partial charge in [0, 0.05) is 30.3 Å². The van der Waals surface area contributed by atoms with Gasteiger partial charge < -0.3 is 10.2 Å². The van der Waals surface area contributed by atoms with Crippen LogP contribution in [0.4, 0.5) is 0 Å². The van der Waals surface area contributed by atoms with Crippen LogP contribution in [0.3, 0.4) is 0 Å². The van der Waals surface area contributed by atoms with Gasteiger partial charge in [-0.15, -0.1) is 0 Å². The molecule has 1 unspecified atom stereocenters. The van der Waals surface area contributed by atoms with E-state index in [0.717, 1.165) is 0 Å². The Hall–Kier alpha value is -1.89. The zero-order valence-electron chi connectivity index (χ0n) is 15.0. The summed E-state index contributed by atoms with van der Waals surface area (Å²) in [5, 5.41) is 2.83. The molecule has 1 aromatic rings. The van der Waals surface area contributed by atoms with E-state index < -0.39 is 9.84 Å². The van der Waals surface area contributed by atoms with Crippen LogP contribution in [0, 0.1) is 5.92 Å². The first-order valence-electron chi connectivity index (χ1n) is 8.63. The SMILES string of the molecule is CCN(C(=O)c1cccc(C(=O)NCC(C)C)c1)C1CCS(=O)(=O)C1. The van der Waals surface area contributed by atoms with Crippen LogP contribution >= 0.6 is 0 Å². The lowest BCUT2D eigenvalue weighted by molar-refractivity contribution is 0.0708. The minimum Gasteiger partial charge on any atom is -0.352 e. The number of hydrogen-bond donors (Lipinski definition) is 1. The molecule has 1 saturated heterocycles. The molecule has 1 fully saturated rings. The molecular formula is C18H26N2O4S. The van der Waals surface area contributed by atoms with E-state index in [1.807, 2.05) is 20.8 Å². The normalized spacial score (nSPS) is 19.0. The van der Waals surface area contributed by atoms with Crippen molar-refractivity contribution in [2.75, 3.05) is 24.6 Å². The number of nitrogens with zero attached hydrogens (tertiary/aromatic N) is 1. The summed E-state index contributed by atoms with van der Waals surface area (Å²) in [6.45, 7) is 6.85. The Morgan fingerprint density at radius 3 is 2.52 bits per heavy atom. The number of carbonyl (C=O) groups is 2. The molecule has 1 aliphatic rings. The maximum absolute atomic E-state index is 12.8. The van der Waals surface area contributed by atoms with E-state index in [1.165, 1.54) is 0 Å². The number of sulfone groups is 1. The first-order valence-corrected chi connectivity index (χ1v) is 10.4. The van der Waals surface area contributed by atoms with E-state index in [1.54, 1.807) is 29.2 Å². The molecular weight excluding hydrogens is 340 g/mol. The molecule has 0 aromatic heterocycles. The molecule has 0 radical (unpaired) electrons. The fraction of sp³-hybridized carbons (Fsp3) is 0.556. The molecule has 6 nitrogen and oxygen atoms in total. The second kappa shape index (κ2) is 7.99. The van der Waals surface area contributed by atoms with Crippen molar-refractivity contribution in [2.24, 2.45) is 5.92 Å². The molecule has 0 saturated carbocycles. The molecule has 1 heterocycles. The van der Waals surface area contributed by atoms with Gasteiger partial charge in [0.25, 0.3) is 11.8 Å². The zero-order chi connectivity index (χ0) is 18.6. The van der Waals surface area contributed by atoms with E-state index in [-0.39, 0.29) is 29.4 Å². The van der Waals surface area contributed by atoms with Crippen molar-refractivity contribution in [3.05, 3.63) is 35.4 Å². The standard InChI is InChI=1S/C18H26N2O4S/c1-4-20(16-8-9-25(23,24)12-16)18(22)15-7-5-6-14(10-15)17(21)19-11-13(2)3/h5-7,10,13,16H,4,8-9,11-12H2,1-3H3,(H,19,21). The highest BCUT2D eigenvalue weighted by Crippen LogP contribution is 2.20. The Morgan fingerprint density at radius 1 is 1.28 bits per heavy atom. The Kier molecular flexibility index (Phi) is 6.21. The summed E-state index contributed by atoms with van der Waals surface area (Å²) in [6, 6.07) is 6.29. The van der Waals surface area contributed by atoms with Gasteiger partial charge in [0.15, 0.2) is 9.84 Å². The van der Waals surface area contributed by atoms with Crippen LogP contribution in [0.2, 0.25) is 0 Å². The molecule has 25 heavy (non-hydrogen) atoms. The van der Waals surface area contributed by atoms with Gasteiger partial charge in [-0.05, 0) is 37.5 Å². The number of amides is 2. The van der Waals surface area contributed by atoms with E-state index >= 15 is 0 Å². The van der Waals surface area contributed by atoms with Gasteiger partial charge in [-0.3, -0.25) is 9.59 Å². The van der Waals surface area contributed by atoms with Crippen LogP contribution < -0.4 is 5.32 Å². The van der Waals surface area contributed by atoms with E-state index in [0.29, 0.717) is 36.6 Å². The largest absolute Gasteiger partial charge is 0.352 e. The van der Waals surface area contributed by atoms with Crippen LogP contribution in [0.15, 0.2) is 24.3 Å². The molecule has 2 amide bonds. The lowest BCUT2D eigenvalue weighted by Crippen LogP contribution is -2.41. The number of benzene rings is 1. The number of rotatable bonds is 6. The molecule has 0 bridgehead atoms. The van der Waals surface area contributed by atoms with E-state index in [9.17, 15) is 18.0 Å². The van der Waals surface area contributed by atoms with Gasteiger partial charge >= 0.3 is 0 Å². The van der Waals surface area contributed by atoms with Crippen molar-refractivity contribution in [2.45, 2.75) is 33.2 Å². The average Bonchev–Trinajstić information content (AvgIpc) is 2.93. The minimum absolute atomic E-state index is 0.0150.